The molecule has 20 heavy (non-hydrogen) atoms. The molecule has 0 aromatic rings. The fourth-order valence-corrected chi connectivity index (χ4v) is 2.09. The van der Waals surface area contributed by atoms with Gasteiger partial charge in [0.25, 0.3) is 5.91 Å². The number of carbonyl (C=O) groups excluding carboxylic acids is 1. The number of aliphatic carboxylic acids is 1. The Hall–Kier alpha value is -1.31. The van der Waals surface area contributed by atoms with Crippen molar-refractivity contribution in [2.45, 2.75) is 45.1 Å². The average Bonchev–Trinajstić information content (AvgIpc) is 2.73. The van der Waals surface area contributed by atoms with Crippen LogP contribution < -0.4 is 0 Å². The highest BCUT2D eigenvalue weighted by Crippen LogP contribution is 2.24. The summed E-state index contributed by atoms with van der Waals surface area (Å²) in [6.45, 7) is 2.01. The molecule has 0 unspecified atom stereocenters. The molecule has 1 aliphatic rings. The molecule has 0 radical (unpaired) electrons. The van der Waals surface area contributed by atoms with Crippen molar-refractivity contribution in [2.24, 2.45) is 5.92 Å². The van der Waals surface area contributed by atoms with E-state index in [0.29, 0.717) is 4.90 Å². The Morgan fingerprint density at radius 1 is 1.30 bits per heavy atom. The third kappa shape index (κ3) is 4.99. The lowest BCUT2D eigenvalue weighted by atomic mass is 10.1. The highest BCUT2D eigenvalue weighted by atomic mass is 19.4. The van der Waals surface area contributed by atoms with Crippen LogP contribution in [0, 0.1) is 5.92 Å². The first-order valence-corrected chi connectivity index (χ1v) is 6.34. The second kappa shape index (κ2) is 6.43. The molecule has 1 saturated heterocycles. The number of nitrogens with zero attached hydrogens (tertiary/aromatic N) is 1. The molecule has 1 aliphatic heterocycles. The second-order valence-corrected chi connectivity index (χ2v) is 5.26. The molecule has 0 aromatic carbocycles. The summed E-state index contributed by atoms with van der Waals surface area (Å²) in [6.07, 6.45) is -6.45. The predicted octanol–water partition coefficient (Wildman–Crippen LogP) is 1.67. The summed E-state index contributed by atoms with van der Waals surface area (Å²) in [5, 5.41) is 8.75. The lowest BCUT2D eigenvalue weighted by Gasteiger charge is -2.27. The zero-order valence-electron chi connectivity index (χ0n) is 11.3. The number of carbonyl (C=O) groups is 2. The van der Waals surface area contributed by atoms with E-state index in [1.165, 1.54) is 0 Å². The molecular weight excluding hydrogens is 279 g/mol. The average molecular weight is 297 g/mol. The molecular formula is C12H18F3NO4. The molecule has 1 fully saturated rings. The van der Waals surface area contributed by atoms with E-state index in [0.717, 1.165) is 0 Å². The minimum absolute atomic E-state index is 0.0457. The van der Waals surface area contributed by atoms with Gasteiger partial charge in [-0.3, -0.25) is 4.79 Å². The van der Waals surface area contributed by atoms with Crippen molar-refractivity contribution in [3.05, 3.63) is 0 Å². The van der Waals surface area contributed by atoms with E-state index in [4.69, 9.17) is 9.84 Å². The molecule has 8 heteroatoms. The topological polar surface area (TPSA) is 66.8 Å². The predicted molar refractivity (Wildman–Crippen MR) is 63.0 cm³/mol. The van der Waals surface area contributed by atoms with E-state index in [1.54, 1.807) is 13.8 Å². The molecule has 116 valence electrons. The lowest BCUT2D eigenvalue weighted by Crippen LogP contribution is -2.46. The molecule has 0 bridgehead atoms. The van der Waals surface area contributed by atoms with Gasteiger partial charge in [0.05, 0.1) is 0 Å². The van der Waals surface area contributed by atoms with Crippen LogP contribution in [0.5, 0.6) is 0 Å². The van der Waals surface area contributed by atoms with E-state index in [2.05, 4.69) is 0 Å². The van der Waals surface area contributed by atoms with Gasteiger partial charge in [-0.1, -0.05) is 13.8 Å². The maximum atomic E-state index is 12.5. The smallest absolute Gasteiger partial charge is 0.406 e. The number of ether oxygens (including phenoxy) is 1. The van der Waals surface area contributed by atoms with E-state index in [-0.39, 0.29) is 25.3 Å². The molecule has 1 amide bonds. The Morgan fingerprint density at radius 2 is 1.85 bits per heavy atom. The monoisotopic (exact) mass is 297 g/mol. The fraction of sp³-hybridized carbons (Fsp3) is 0.833. The molecule has 1 heterocycles. The van der Waals surface area contributed by atoms with Crippen LogP contribution in [0.4, 0.5) is 13.2 Å². The first kappa shape index (κ1) is 16.7. The van der Waals surface area contributed by atoms with Gasteiger partial charge in [0.2, 0.25) is 0 Å². The number of halogens is 3. The van der Waals surface area contributed by atoms with Gasteiger partial charge in [-0.25, -0.2) is 4.79 Å². The minimum Gasteiger partial charge on any atom is -0.479 e. The number of hydrogen-bond donors (Lipinski definition) is 1. The number of rotatable bonds is 5. The normalized spacial score (nSPS) is 23.1. The zero-order valence-corrected chi connectivity index (χ0v) is 11.3. The van der Waals surface area contributed by atoms with Crippen LogP contribution in [0.25, 0.3) is 0 Å². The molecule has 2 atom stereocenters. The van der Waals surface area contributed by atoms with E-state index in [9.17, 15) is 22.8 Å². The maximum absolute atomic E-state index is 12.5. The highest BCUT2D eigenvalue weighted by molar-refractivity contribution is 5.82. The number of alkyl halides is 3. The second-order valence-electron chi connectivity index (χ2n) is 5.26. The largest absolute Gasteiger partial charge is 0.479 e. The van der Waals surface area contributed by atoms with E-state index in [1.807, 2.05) is 0 Å². The van der Waals surface area contributed by atoms with E-state index >= 15 is 0 Å². The van der Waals surface area contributed by atoms with Crippen LogP contribution in [0.15, 0.2) is 0 Å². The minimum atomic E-state index is -4.49. The number of hydrogen-bond acceptors (Lipinski definition) is 3. The third-order valence-corrected chi connectivity index (χ3v) is 2.84. The Balaban J connectivity index is 2.71. The number of carboxylic acids is 1. The van der Waals surface area contributed by atoms with Crippen LogP contribution in [0.1, 0.15) is 26.7 Å². The molecule has 1 rings (SSSR count). The summed E-state index contributed by atoms with van der Waals surface area (Å²) < 4.78 is 42.4. The van der Waals surface area contributed by atoms with Gasteiger partial charge in [-0.2, -0.15) is 13.2 Å². The first-order chi connectivity index (χ1) is 9.10. The number of carboxylic acid groups (broad SMARTS) is 1. The summed E-state index contributed by atoms with van der Waals surface area (Å²) in [4.78, 5) is 23.4. The Kier molecular flexibility index (Phi) is 5.38. The van der Waals surface area contributed by atoms with Gasteiger partial charge in [0.1, 0.15) is 12.6 Å². The summed E-state index contributed by atoms with van der Waals surface area (Å²) in [5.74, 6) is -2.12. The Morgan fingerprint density at radius 3 is 2.25 bits per heavy atom. The highest BCUT2D eigenvalue weighted by Gasteiger charge is 2.40. The van der Waals surface area contributed by atoms with Crippen LogP contribution in [-0.2, 0) is 14.3 Å². The van der Waals surface area contributed by atoms with Gasteiger partial charge in [0.15, 0.2) is 6.10 Å². The lowest BCUT2D eigenvalue weighted by molar-refractivity contribution is -0.171. The van der Waals surface area contributed by atoms with Crippen LogP contribution in [0.3, 0.4) is 0 Å². The van der Waals surface area contributed by atoms with Crippen molar-refractivity contribution in [3.63, 3.8) is 0 Å². The Bertz CT molecular complexity index is 370. The van der Waals surface area contributed by atoms with Gasteiger partial charge < -0.3 is 14.7 Å². The van der Waals surface area contributed by atoms with Crippen LogP contribution in [0.2, 0.25) is 0 Å². The first-order valence-electron chi connectivity index (χ1n) is 6.34. The van der Waals surface area contributed by atoms with Crippen LogP contribution in [-0.4, -0.2) is 53.4 Å². The van der Waals surface area contributed by atoms with Crippen molar-refractivity contribution < 1.29 is 32.6 Å². The van der Waals surface area contributed by atoms with Crippen molar-refractivity contribution in [1.29, 1.82) is 0 Å². The molecule has 1 N–H and O–H groups in total. The van der Waals surface area contributed by atoms with Gasteiger partial charge in [0, 0.05) is 6.54 Å². The summed E-state index contributed by atoms with van der Waals surface area (Å²) in [6, 6.07) is 0. The van der Waals surface area contributed by atoms with Gasteiger partial charge in [-0.15, -0.1) is 0 Å². The standard InChI is InChI=1S/C12H18F3NO4/c1-7(2)5-16(6-12(13,14)15)10(17)8-3-4-9(20-8)11(18)19/h7-9H,3-6H2,1-2H3,(H,18,19)/t8-,9+/m0/s1. The van der Waals surface area contributed by atoms with Crippen molar-refractivity contribution in [2.75, 3.05) is 13.1 Å². The SMILES string of the molecule is CC(C)CN(CC(F)(F)F)C(=O)[C@@H]1CC[C@H](C(=O)O)O1. The van der Waals surface area contributed by atoms with Gasteiger partial charge >= 0.3 is 12.1 Å². The van der Waals surface area contributed by atoms with Crippen molar-refractivity contribution in [3.8, 4) is 0 Å². The summed E-state index contributed by atoms with van der Waals surface area (Å²) in [5.41, 5.74) is 0. The van der Waals surface area contributed by atoms with Gasteiger partial charge in [-0.05, 0) is 18.8 Å². The number of amides is 1. The fourth-order valence-electron chi connectivity index (χ4n) is 2.09. The van der Waals surface area contributed by atoms with E-state index < -0.39 is 36.8 Å². The summed E-state index contributed by atoms with van der Waals surface area (Å²) >= 11 is 0. The third-order valence-electron chi connectivity index (χ3n) is 2.84. The molecule has 5 nitrogen and oxygen atoms in total. The molecule has 0 spiro atoms. The summed E-state index contributed by atoms with van der Waals surface area (Å²) in [7, 11) is 0. The maximum Gasteiger partial charge on any atom is 0.406 e. The molecule has 0 aliphatic carbocycles. The molecule has 0 saturated carbocycles. The quantitative estimate of drug-likeness (QED) is 0.838. The Labute approximate surface area is 114 Å². The van der Waals surface area contributed by atoms with Crippen LogP contribution >= 0.6 is 0 Å². The zero-order chi connectivity index (χ0) is 15.5. The van der Waals surface area contributed by atoms with Crippen molar-refractivity contribution in [1.82, 2.24) is 4.90 Å². The van der Waals surface area contributed by atoms with Crippen molar-refractivity contribution >= 4 is 11.9 Å². The molecule has 0 aromatic heterocycles.